The second-order valence-electron chi connectivity index (χ2n) is 18.6. The van der Waals surface area contributed by atoms with Gasteiger partial charge in [0.05, 0.1) is 31.8 Å². The first kappa shape index (κ1) is 34.4. The molecule has 5 fully saturated rings. The lowest BCUT2D eigenvalue weighted by atomic mass is 9.34. The van der Waals surface area contributed by atoms with E-state index in [0.29, 0.717) is 43.5 Å². The molecular weight excluding hydrogens is 604 g/mol. The third-order valence-electron chi connectivity index (χ3n) is 16.5. The maximum atomic E-state index is 13.4. The molecule has 1 unspecified atom stereocenters. The molecule has 268 valence electrons. The van der Waals surface area contributed by atoms with E-state index in [9.17, 15) is 9.90 Å². The van der Waals surface area contributed by atoms with Gasteiger partial charge in [0, 0.05) is 16.4 Å². The molecule has 1 aromatic rings. The molecule has 1 aromatic heterocycles. The number of ether oxygens (including phenoxy) is 2. The summed E-state index contributed by atoms with van der Waals surface area (Å²) in [4.78, 5) is 15.2. The summed E-state index contributed by atoms with van der Waals surface area (Å²) in [5.74, 6) is 0.590. The summed E-state index contributed by atoms with van der Waals surface area (Å²) in [6.07, 6.45) is 12.8. The molecule has 0 aromatic carbocycles. The minimum absolute atomic E-state index is 0.00830. The van der Waals surface area contributed by atoms with Crippen molar-refractivity contribution in [2.75, 3.05) is 32.6 Å². The highest BCUT2D eigenvalue weighted by atomic mass is 16.5. The number of carboxylic acid groups (broad SMARTS) is 1. The number of hydrogen-bond acceptors (Lipinski definition) is 8. The maximum absolute atomic E-state index is 13.4. The molecule has 10 nitrogen and oxygen atoms in total. The number of carboxylic acids is 1. The first-order valence-corrected chi connectivity index (χ1v) is 19.0. The number of nitrogens with zero attached hydrogens (tertiary/aromatic N) is 4. The number of rotatable bonds is 8. The summed E-state index contributed by atoms with van der Waals surface area (Å²) in [7, 11) is 2.07. The molecule has 0 radical (unpaired) electrons. The Kier molecular flexibility index (Phi) is 8.24. The Hall–Kier alpha value is -2.04. The Morgan fingerprint density at radius 3 is 2.46 bits per heavy atom. The summed E-state index contributed by atoms with van der Waals surface area (Å²) in [6, 6.07) is -0.135. The molecule has 1 saturated heterocycles. The molecule has 2 heterocycles. The van der Waals surface area contributed by atoms with Gasteiger partial charge in [-0.05, 0) is 104 Å². The van der Waals surface area contributed by atoms with Crippen LogP contribution in [0.4, 0.5) is 5.95 Å². The molecule has 5 aliphatic carbocycles. The van der Waals surface area contributed by atoms with E-state index < -0.39 is 11.9 Å². The fraction of sp³-hybridized carbons (Fsp3) is 0.895. The third kappa shape index (κ3) is 4.59. The summed E-state index contributed by atoms with van der Waals surface area (Å²) >= 11 is 0. The zero-order chi connectivity index (χ0) is 34.5. The lowest BCUT2D eigenvalue weighted by molar-refractivity contribution is -0.254. The SMILES string of the molecule is CNC1(CO[C@H]2[C@H](n3nnc(N)n3)CC34COC[C@@]2(C)[C@@H]3CC[C@H]2C4=CC[C@@]3(C)[C@H](C(=O)O)[C@@](C)([C@H](C)C(C)C)CC[C@]23C)CCCC1. The van der Waals surface area contributed by atoms with Crippen LogP contribution in [-0.4, -0.2) is 69.8 Å². The van der Waals surface area contributed by atoms with E-state index in [4.69, 9.17) is 15.2 Å². The topological polar surface area (TPSA) is 137 Å². The molecule has 0 spiro atoms. The van der Waals surface area contributed by atoms with Gasteiger partial charge in [0.25, 0.3) is 5.95 Å². The van der Waals surface area contributed by atoms with Crippen LogP contribution < -0.4 is 11.1 Å². The molecule has 7 rings (SSSR count). The highest BCUT2D eigenvalue weighted by molar-refractivity contribution is 5.73. The number of carbonyl (C=O) groups is 1. The largest absolute Gasteiger partial charge is 0.481 e. The van der Waals surface area contributed by atoms with Crippen LogP contribution in [0.1, 0.15) is 119 Å². The van der Waals surface area contributed by atoms with Gasteiger partial charge in [-0.2, -0.15) is 4.80 Å². The van der Waals surface area contributed by atoms with E-state index in [2.05, 4.69) is 82.3 Å². The molecule has 2 bridgehead atoms. The first-order chi connectivity index (χ1) is 22.6. The van der Waals surface area contributed by atoms with Crippen LogP contribution >= 0.6 is 0 Å². The van der Waals surface area contributed by atoms with Crippen LogP contribution in [0.25, 0.3) is 0 Å². The molecule has 6 aliphatic rings. The van der Waals surface area contributed by atoms with E-state index in [1.165, 1.54) is 18.4 Å². The monoisotopic (exact) mass is 666 g/mol. The van der Waals surface area contributed by atoms with Crippen LogP contribution in [0.3, 0.4) is 0 Å². The van der Waals surface area contributed by atoms with Crippen LogP contribution in [0.15, 0.2) is 11.6 Å². The second-order valence-corrected chi connectivity index (χ2v) is 18.6. The van der Waals surface area contributed by atoms with Crippen LogP contribution in [-0.2, 0) is 14.3 Å². The predicted octanol–water partition coefficient (Wildman–Crippen LogP) is 6.30. The lowest BCUT2D eigenvalue weighted by Gasteiger charge is -2.71. The van der Waals surface area contributed by atoms with Gasteiger partial charge in [-0.3, -0.25) is 4.79 Å². The van der Waals surface area contributed by atoms with Crippen molar-refractivity contribution in [2.24, 2.45) is 56.7 Å². The van der Waals surface area contributed by atoms with Crippen molar-refractivity contribution in [2.45, 2.75) is 130 Å². The van der Waals surface area contributed by atoms with Crippen molar-refractivity contribution in [3.63, 3.8) is 0 Å². The van der Waals surface area contributed by atoms with Gasteiger partial charge in [-0.25, -0.2) is 0 Å². The normalized spacial score (nSPS) is 45.5. The number of nitrogens with two attached hydrogens (primary N) is 1. The number of hydrogen-bond donors (Lipinski definition) is 3. The molecule has 48 heavy (non-hydrogen) atoms. The number of anilines is 1. The molecule has 0 amide bonds. The third-order valence-corrected chi connectivity index (χ3v) is 16.5. The Labute approximate surface area is 287 Å². The number of aliphatic carboxylic acids is 1. The summed E-state index contributed by atoms with van der Waals surface area (Å²) < 4.78 is 13.9. The van der Waals surface area contributed by atoms with Crippen LogP contribution in [0, 0.1) is 56.7 Å². The van der Waals surface area contributed by atoms with Crippen molar-refractivity contribution in [3.05, 3.63) is 11.6 Å². The average Bonchev–Trinajstić information content (AvgIpc) is 3.69. The fourth-order valence-corrected chi connectivity index (χ4v) is 13.3. The number of nitrogen functional groups attached to an aromatic ring is 1. The highest BCUT2D eigenvalue weighted by Crippen LogP contribution is 2.75. The number of aromatic nitrogens is 4. The molecule has 1 aliphatic heterocycles. The quantitative estimate of drug-likeness (QED) is 0.273. The Balaban J connectivity index is 1.30. The van der Waals surface area contributed by atoms with Gasteiger partial charge in [0.15, 0.2) is 0 Å². The number of allylic oxidation sites excluding steroid dienone is 1. The van der Waals surface area contributed by atoms with Gasteiger partial charge in [-0.1, -0.05) is 78.1 Å². The van der Waals surface area contributed by atoms with Crippen molar-refractivity contribution in [1.29, 1.82) is 0 Å². The summed E-state index contributed by atoms with van der Waals surface area (Å²) in [5, 5.41) is 27.9. The Morgan fingerprint density at radius 2 is 1.83 bits per heavy atom. The van der Waals surface area contributed by atoms with Gasteiger partial charge < -0.3 is 25.6 Å². The van der Waals surface area contributed by atoms with Gasteiger partial charge >= 0.3 is 5.97 Å². The highest BCUT2D eigenvalue weighted by Gasteiger charge is 2.72. The van der Waals surface area contributed by atoms with Crippen molar-refractivity contribution < 1.29 is 19.4 Å². The van der Waals surface area contributed by atoms with E-state index in [-0.39, 0.29) is 50.7 Å². The maximum Gasteiger partial charge on any atom is 0.307 e. The Morgan fingerprint density at radius 1 is 1.10 bits per heavy atom. The van der Waals surface area contributed by atoms with E-state index in [1.807, 2.05) is 0 Å². The number of tetrazole rings is 1. The van der Waals surface area contributed by atoms with Gasteiger partial charge in [-0.15, -0.1) is 5.10 Å². The minimum atomic E-state index is -0.620. The van der Waals surface area contributed by atoms with Crippen molar-refractivity contribution >= 4 is 11.9 Å². The smallest absolute Gasteiger partial charge is 0.307 e. The fourth-order valence-electron chi connectivity index (χ4n) is 13.3. The summed E-state index contributed by atoms with van der Waals surface area (Å²) in [5.41, 5.74) is 6.39. The summed E-state index contributed by atoms with van der Waals surface area (Å²) in [6.45, 7) is 18.2. The van der Waals surface area contributed by atoms with Crippen molar-refractivity contribution in [3.8, 4) is 0 Å². The molecule has 4 N–H and O–H groups in total. The van der Waals surface area contributed by atoms with Crippen molar-refractivity contribution in [1.82, 2.24) is 25.5 Å². The average molecular weight is 667 g/mol. The second kappa shape index (κ2) is 11.5. The molecule has 11 atom stereocenters. The van der Waals surface area contributed by atoms with Crippen LogP contribution in [0.5, 0.6) is 0 Å². The Bertz CT molecular complexity index is 1440. The van der Waals surface area contributed by atoms with Crippen LogP contribution in [0.2, 0.25) is 0 Å². The standard InChI is InChI=1S/C38H62N6O4/c1-23(2)24(3)33(4)17-18-35(6)25-11-12-28-34(5)20-47-22-38(28,26(25)13-16-36(35,7)29(33)31(45)46)19-27(44-42-32(39)41-43-44)30(34)48-21-37(40-8)14-9-10-15-37/h13,23-25,27-30,40H,9-12,14-22H2,1-8H3,(H2,39,42)(H,45,46)/t24-,25+,27-,28+,29-,30+,33-,34+,35-,36+,38?/m1/s1. The first-order valence-electron chi connectivity index (χ1n) is 19.0. The predicted molar refractivity (Wildman–Crippen MR) is 185 cm³/mol. The lowest BCUT2D eigenvalue weighted by Crippen LogP contribution is -2.69. The van der Waals surface area contributed by atoms with E-state index in [1.54, 1.807) is 4.80 Å². The number of nitrogens with one attached hydrogen (secondary N) is 1. The number of fused-ring (bicyclic) bond motifs is 3. The van der Waals surface area contributed by atoms with E-state index in [0.717, 1.165) is 51.4 Å². The van der Waals surface area contributed by atoms with Gasteiger partial charge in [0.1, 0.15) is 6.04 Å². The zero-order valence-electron chi connectivity index (χ0n) is 30.8. The molecule has 4 saturated carbocycles. The van der Waals surface area contributed by atoms with E-state index >= 15 is 0 Å². The molecule has 10 heteroatoms. The molecular formula is C38H62N6O4. The minimum Gasteiger partial charge on any atom is -0.481 e. The van der Waals surface area contributed by atoms with Gasteiger partial charge in [0.2, 0.25) is 0 Å². The number of likely N-dealkylation sites (N-methyl/N-ethyl adjacent to an activating group) is 1. The zero-order valence-corrected chi connectivity index (χ0v) is 30.8.